The van der Waals surface area contributed by atoms with Gasteiger partial charge in [0.2, 0.25) is 11.8 Å². The number of nitrogens with zero attached hydrogens (tertiary/aromatic N) is 2. The molecular weight excluding hydrogens is 456 g/mol. The maximum absolute atomic E-state index is 12.5. The summed E-state index contributed by atoms with van der Waals surface area (Å²) >= 11 is 2.87. The van der Waals surface area contributed by atoms with Crippen molar-refractivity contribution in [2.45, 2.75) is 20.3 Å². The normalized spacial score (nSPS) is 10.6. The Morgan fingerprint density at radius 1 is 0.909 bits per heavy atom. The van der Waals surface area contributed by atoms with Crippen LogP contribution in [0, 0.1) is 0 Å². The van der Waals surface area contributed by atoms with Gasteiger partial charge in [-0.15, -0.1) is 22.7 Å². The van der Waals surface area contributed by atoms with E-state index in [-0.39, 0.29) is 18.2 Å². The van der Waals surface area contributed by atoms with Crippen molar-refractivity contribution < 1.29 is 14.3 Å². The molecule has 33 heavy (non-hydrogen) atoms. The molecule has 4 aromatic rings. The van der Waals surface area contributed by atoms with Gasteiger partial charge in [-0.3, -0.25) is 9.59 Å². The van der Waals surface area contributed by atoms with Crippen LogP contribution in [0.5, 0.6) is 5.75 Å². The van der Waals surface area contributed by atoms with Gasteiger partial charge in [0.05, 0.1) is 24.4 Å². The summed E-state index contributed by atoms with van der Waals surface area (Å²) in [5.74, 6) is 0.539. The van der Waals surface area contributed by atoms with Gasteiger partial charge >= 0.3 is 0 Å². The molecule has 0 radical (unpaired) electrons. The molecule has 2 N–H and O–H groups in total. The molecule has 0 fully saturated rings. The summed E-state index contributed by atoms with van der Waals surface area (Å²) in [5, 5.41) is 10.8. The van der Waals surface area contributed by atoms with Gasteiger partial charge in [-0.2, -0.15) is 0 Å². The summed E-state index contributed by atoms with van der Waals surface area (Å²) < 4.78 is 5.47. The van der Waals surface area contributed by atoms with Gasteiger partial charge in [0.15, 0.2) is 5.13 Å². The van der Waals surface area contributed by atoms with Crippen LogP contribution in [0.15, 0.2) is 59.3 Å². The molecular formula is C24H22N4O3S2. The van der Waals surface area contributed by atoms with Crippen LogP contribution in [0.25, 0.3) is 21.8 Å². The second-order valence-corrected chi connectivity index (χ2v) is 8.84. The van der Waals surface area contributed by atoms with Crippen LogP contribution in [0.1, 0.15) is 19.5 Å². The number of ether oxygens (including phenoxy) is 1. The molecule has 2 heterocycles. The Morgan fingerprint density at radius 2 is 1.64 bits per heavy atom. The Balaban J connectivity index is 1.35. The van der Waals surface area contributed by atoms with Crippen LogP contribution in [0.3, 0.4) is 0 Å². The Labute approximate surface area is 199 Å². The maximum Gasteiger partial charge on any atom is 0.232 e. The summed E-state index contributed by atoms with van der Waals surface area (Å²) in [6, 6.07) is 15.2. The Hall–Kier alpha value is -3.56. The molecule has 0 unspecified atom stereocenters. The zero-order valence-electron chi connectivity index (χ0n) is 18.1. The van der Waals surface area contributed by atoms with Crippen molar-refractivity contribution in [3.05, 3.63) is 65.0 Å². The van der Waals surface area contributed by atoms with Gasteiger partial charge in [0.1, 0.15) is 10.8 Å². The highest BCUT2D eigenvalue weighted by molar-refractivity contribution is 7.14. The maximum atomic E-state index is 12.5. The molecule has 0 bridgehead atoms. The molecule has 7 nitrogen and oxygen atoms in total. The molecule has 9 heteroatoms. The fraction of sp³-hybridized carbons (Fsp3) is 0.167. The van der Waals surface area contributed by atoms with Crippen LogP contribution < -0.4 is 15.4 Å². The lowest BCUT2D eigenvalue weighted by Gasteiger charge is -2.03. The molecule has 0 aliphatic rings. The summed E-state index contributed by atoms with van der Waals surface area (Å²) in [4.78, 5) is 32.7. The predicted molar refractivity (Wildman–Crippen MR) is 133 cm³/mol. The number of anilines is 2. The van der Waals surface area contributed by atoms with E-state index in [2.05, 4.69) is 20.6 Å². The van der Waals surface area contributed by atoms with E-state index in [4.69, 9.17) is 4.74 Å². The molecule has 2 aromatic carbocycles. The first-order valence-corrected chi connectivity index (χ1v) is 12.1. The van der Waals surface area contributed by atoms with Crippen molar-refractivity contribution in [2.24, 2.45) is 0 Å². The van der Waals surface area contributed by atoms with Gasteiger partial charge in [0.25, 0.3) is 0 Å². The van der Waals surface area contributed by atoms with E-state index in [1.165, 1.54) is 29.6 Å². The third-order valence-corrected chi connectivity index (χ3v) is 6.26. The minimum atomic E-state index is -0.166. The highest BCUT2D eigenvalue weighted by Gasteiger charge is 2.12. The molecule has 0 atom stereocenters. The molecule has 4 rings (SSSR count). The quantitative estimate of drug-likeness (QED) is 0.350. The Bertz CT molecular complexity index is 1250. The van der Waals surface area contributed by atoms with Crippen molar-refractivity contribution >= 4 is 45.3 Å². The molecule has 0 aliphatic heterocycles. The second-order valence-electron chi connectivity index (χ2n) is 7.12. The molecule has 2 amide bonds. The lowest BCUT2D eigenvalue weighted by molar-refractivity contribution is -0.116. The minimum Gasteiger partial charge on any atom is -0.494 e. The second kappa shape index (κ2) is 10.4. The lowest BCUT2D eigenvalue weighted by atomic mass is 10.1. The van der Waals surface area contributed by atoms with Crippen LogP contribution in [-0.4, -0.2) is 28.4 Å². The highest BCUT2D eigenvalue weighted by atomic mass is 32.1. The molecule has 2 aromatic heterocycles. The van der Waals surface area contributed by atoms with E-state index < -0.39 is 0 Å². The monoisotopic (exact) mass is 478 g/mol. The van der Waals surface area contributed by atoms with Crippen molar-refractivity contribution in [3.8, 4) is 27.6 Å². The largest absolute Gasteiger partial charge is 0.494 e. The minimum absolute atomic E-state index is 0.117. The number of carbonyl (C=O) groups excluding carboxylic acids is 2. The summed E-state index contributed by atoms with van der Waals surface area (Å²) in [7, 11) is 0. The zero-order valence-corrected chi connectivity index (χ0v) is 19.8. The van der Waals surface area contributed by atoms with Gasteiger partial charge in [0, 0.05) is 34.5 Å². The smallest absolute Gasteiger partial charge is 0.232 e. The van der Waals surface area contributed by atoms with E-state index in [1.807, 2.05) is 66.2 Å². The Morgan fingerprint density at radius 3 is 2.33 bits per heavy atom. The number of thiazole rings is 2. The van der Waals surface area contributed by atoms with E-state index in [1.54, 1.807) is 0 Å². The van der Waals surface area contributed by atoms with Crippen molar-refractivity contribution in [1.29, 1.82) is 0 Å². The van der Waals surface area contributed by atoms with Crippen LogP contribution in [0.4, 0.5) is 10.8 Å². The first kappa shape index (κ1) is 22.6. The standard InChI is InChI=1S/C24H22N4O3S2/c1-3-31-20-10-6-17(7-11-20)23-26-19(13-32-23)12-22(30)28-24-27-21(14-33-24)16-4-8-18(9-5-16)25-15(2)29/h4-11,13-14H,3,12H2,1-2H3,(H,25,29)(H,27,28,30). The van der Waals surface area contributed by atoms with Crippen molar-refractivity contribution in [1.82, 2.24) is 9.97 Å². The molecule has 0 saturated heterocycles. The van der Waals surface area contributed by atoms with Crippen LogP contribution >= 0.6 is 22.7 Å². The van der Waals surface area contributed by atoms with E-state index in [0.29, 0.717) is 17.4 Å². The fourth-order valence-corrected chi connectivity index (χ4v) is 4.66. The number of carbonyl (C=O) groups is 2. The number of amides is 2. The SMILES string of the molecule is CCOc1ccc(-c2nc(CC(=O)Nc3nc(-c4ccc(NC(C)=O)cc4)cs3)cs2)cc1. The Kier molecular flexibility index (Phi) is 7.11. The van der Waals surface area contributed by atoms with Gasteiger partial charge in [-0.25, -0.2) is 9.97 Å². The first-order valence-electron chi connectivity index (χ1n) is 10.3. The molecule has 0 saturated carbocycles. The topological polar surface area (TPSA) is 93.2 Å². The zero-order chi connectivity index (χ0) is 23.2. The number of hydrogen-bond acceptors (Lipinski definition) is 7. The van der Waals surface area contributed by atoms with Crippen LogP contribution in [-0.2, 0) is 16.0 Å². The number of nitrogens with one attached hydrogen (secondary N) is 2. The summed E-state index contributed by atoms with van der Waals surface area (Å²) in [5.41, 5.74) is 4.09. The average molecular weight is 479 g/mol. The lowest BCUT2D eigenvalue weighted by Crippen LogP contribution is -2.14. The first-order chi connectivity index (χ1) is 16.0. The molecule has 0 aliphatic carbocycles. The number of hydrogen-bond donors (Lipinski definition) is 2. The van der Waals surface area contributed by atoms with Crippen LogP contribution in [0.2, 0.25) is 0 Å². The molecule has 0 spiro atoms. The third-order valence-electron chi connectivity index (χ3n) is 4.56. The van der Waals surface area contributed by atoms with Crippen molar-refractivity contribution in [3.63, 3.8) is 0 Å². The number of rotatable bonds is 8. The van der Waals surface area contributed by atoms with E-state index in [0.717, 1.165) is 33.3 Å². The number of aromatic nitrogens is 2. The average Bonchev–Trinajstić information content (AvgIpc) is 3.44. The van der Waals surface area contributed by atoms with Gasteiger partial charge in [-0.1, -0.05) is 12.1 Å². The predicted octanol–water partition coefficient (Wildman–Crippen LogP) is 5.47. The highest BCUT2D eigenvalue weighted by Crippen LogP contribution is 2.28. The fourth-order valence-electron chi connectivity index (χ4n) is 3.10. The van der Waals surface area contributed by atoms with Gasteiger partial charge in [-0.05, 0) is 43.3 Å². The summed E-state index contributed by atoms with van der Waals surface area (Å²) in [6.07, 6.45) is 0.174. The molecule has 168 valence electrons. The van der Waals surface area contributed by atoms with Gasteiger partial charge < -0.3 is 15.4 Å². The van der Waals surface area contributed by atoms with E-state index in [9.17, 15) is 9.59 Å². The third kappa shape index (κ3) is 6.03. The summed E-state index contributed by atoms with van der Waals surface area (Å²) in [6.45, 7) is 4.04. The van der Waals surface area contributed by atoms with E-state index >= 15 is 0 Å². The number of benzene rings is 2. The van der Waals surface area contributed by atoms with Crippen molar-refractivity contribution in [2.75, 3.05) is 17.2 Å².